The Morgan fingerprint density at radius 2 is 2.04 bits per heavy atom. The van der Waals surface area contributed by atoms with Crippen LogP contribution in [-0.2, 0) is 22.6 Å². The molecule has 2 aromatic rings. The number of nitrogens with one attached hydrogen (secondary N) is 1. The van der Waals surface area contributed by atoms with Gasteiger partial charge in [-0.3, -0.25) is 0 Å². The molecule has 5 heteroatoms. The van der Waals surface area contributed by atoms with Crippen molar-refractivity contribution < 1.29 is 8.95 Å². The second-order valence-corrected chi connectivity index (χ2v) is 8.55. The second-order valence-electron chi connectivity index (χ2n) is 6.01. The Balaban J connectivity index is 1.66. The van der Waals surface area contributed by atoms with Gasteiger partial charge in [-0.25, -0.2) is 4.21 Å². The van der Waals surface area contributed by atoms with Gasteiger partial charge in [0.05, 0.1) is 18.0 Å². The van der Waals surface area contributed by atoms with E-state index in [1.54, 1.807) is 12.5 Å². The molecule has 2 aromatic carbocycles. The van der Waals surface area contributed by atoms with Crippen LogP contribution in [0.2, 0.25) is 0 Å². The van der Waals surface area contributed by atoms with Gasteiger partial charge < -0.3 is 10.1 Å². The van der Waals surface area contributed by atoms with E-state index in [1.807, 2.05) is 24.3 Å². The first-order valence-electron chi connectivity index (χ1n) is 7.76. The summed E-state index contributed by atoms with van der Waals surface area (Å²) in [7, 11) is -2.16. The number of nitrogens with zero attached hydrogens (tertiary/aromatic N) is 1. The summed E-state index contributed by atoms with van der Waals surface area (Å²) in [5.41, 5.74) is 4.28. The number of hydrogen-bond acceptors (Lipinski definition) is 4. The van der Waals surface area contributed by atoms with E-state index in [9.17, 15) is 4.21 Å². The summed E-state index contributed by atoms with van der Waals surface area (Å²) in [6.07, 6.45) is 5.22. The van der Waals surface area contributed by atoms with Crippen LogP contribution in [0.4, 0.5) is 11.4 Å². The van der Waals surface area contributed by atoms with Gasteiger partial charge in [0.2, 0.25) is 0 Å². The van der Waals surface area contributed by atoms with Crippen LogP contribution in [0.5, 0.6) is 5.75 Å². The summed E-state index contributed by atoms with van der Waals surface area (Å²) in [4.78, 5) is 0. The Hall–Kier alpha value is -2.01. The lowest BCUT2D eigenvalue weighted by Gasteiger charge is -2.10. The minimum atomic E-state index is -2.16. The van der Waals surface area contributed by atoms with Gasteiger partial charge in [-0.2, -0.15) is 4.36 Å². The van der Waals surface area contributed by atoms with Crippen LogP contribution in [0.3, 0.4) is 0 Å². The van der Waals surface area contributed by atoms with Crippen LogP contribution < -0.4 is 10.1 Å². The first-order chi connectivity index (χ1) is 11.0. The number of fused-ring (bicyclic) bond motifs is 1. The van der Waals surface area contributed by atoms with Crippen LogP contribution >= 0.6 is 0 Å². The largest absolute Gasteiger partial charge is 0.493 e. The van der Waals surface area contributed by atoms with Crippen molar-refractivity contribution in [2.45, 2.75) is 12.8 Å². The molecule has 0 atom stereocenters. The van der Waals surface area contributed by atoms with Crippen LogP contribution in [0.1, 0.15) is 11.1 Å². The predicted molar refractivity (Wildman–Crippen MR) is 96.4 cm³/mol. The summed E-state index contributed by atoms with van der Waals surface area (Å²) >= 11 is 0. The molecule has 0 aromatic heterocycles. The third kappa shape index (κ3) is 4.26. The summed E-state index contributed by atoms with van der Waals surface area (Å²) in [5, 5.41) is 3.40. The van der Waals surface area contributed by atoms with Crippen molar-refractivity contribution in [1.29, 1.82) is 0 Å². The highest BCUT2D eigenvalue weighted by Gasteiger charge is 2.11. The Kier molecular flexibility index (Phi) is 4.57. The van der Waals surface area contributed by atoms with Crippen molar-refractivity contribution in [3.8, 4) is 5.75 Å². The van der Waals surface area contributed by atoms with Crippen molar-refractivity contribution in [2.75, 3.05) is 31.0 Å². The third-order valence-corrected chi connectivity index (χ3v) is 4.34. The molecule has 1 aliphatic rings. The van der Waals surface area contributed by atoms with Gasteiger partial charge in [-0.15, -0.1) is 0 Å². The molecule has 4 nitrogen and oxygen atoms in total. The quantitative estimate of drug-likeness (QED) is 0.910. The molecule has 0 saturated carbocycles. The van der Waals surface area contributed by atoms with Crippen molar-refractivity contribution in [2.24, 2.45) is 4.36 Å². The molecule has 0 fully saturated rings. The number of hydrogen-bond donors (Lipinski definition) is 1. The average molecular weight is 330 g/mol. The van der Waals surface area contributed by atoms with Crippen molar-refractivity contribution in [1.82, 2.24) is 0 Å². The maximum Gasteiger partial charge on any atom is 0.122 e. The molecule has 0 unspecified atom stereocenters. The van der Waals surface area contributed by atoms with E-state index in [2.05, 4.69) is 27.9 Å². The number of benzene rings is 2. The number of para-hydroxylation sites is 1. The lowest BCUT2D eigenvalue weighted by atomic mass is 10.1. The molecule has 23 heavy (non-hydrogen) atoms. The fourth-order valence-electron chi connectivity index (χ4n) is 2.68. The second kappa shape index (κ2) is 6.62. The summed E-state index contributed by atoms with van der Waals surface area (Å²) < 4.78 is 21.8. The smallest absolute Gasteiger partial charge is 0.122 e. The minimum Gasteiger partial charge on any atom is -0.493 e. The molecule has 0 amide bonds. The van der Waals surface area contributed by atoms with Crippen LogP contribution in [-0.4, -0.2) is 29.9 Å². The number of rotatable bonds is 5. The maximum absolute atomic E-state index is 11.9. The van der Waals surface area contributed by atoms with Crippen molar-refractivity contribution >= 4 is 21.1 Å². The summed E-state index contributed by atoms with van der Waals surface area (Å²) in [6, 6.07) is 14.1. The molecule has 1 aliphatic heterocycles. The van der Waals surface area contributed by atoms with Crippen LogP contribution in [0.25, 0.3) is 0 Å². The van der Waals surface area contributed by atoms with Crippen LogP contribution in [0, 0.1) is 0 Å². The summed E-state index contributed by atoms with van der Waals surface area (Å²) in [6.45, 7) is 1.60. The number of ether oxygens (including phenoxy) is 1. The van der Waals surface area contributed by atoms with Gasteiger partial charge in [0.1, 0.15) is 5.75 Å². The molecule has 122 valence electrons. The van der Waals surface area contributed by atoms with E-state index in [4.69, 9.17) is 4.74 Å². The zero-order valence-electron chi connectivity index (χ0n) is 13.5. The monoisotopic (exact) mass is 330 g/mol. The maximum atomic E-state index is 11.9. The normalized spacial score (nSPS) is 13.3. The average Bonchev–Trinajstić information content (AvgIpc) is 2.95. The fourth-order valence-corrected chi connectivity index (χ4v) is 3.31. The van der Waals surface area contributed by atoms with Gasteiger partial charge in [0.15, 0.2) is 0 Å². The van der Waals surface area contributed by atoms with Gasteiger partial charge in [-0.05, 0) is 35.7 Å². The Morgan fingerprint density at radius 1 is 1.22 bits per heavy atom. The Morgan fingerprint density at radius 3 is 2.87 bits per heavy atom. The van der Waals surface area contributed by atoms with E-state index >= 15 is 0 Å². The molecule has 0 bridgehead atoms. The van der Waals surface area contributed by atoms with Gasteiger partial charge in [-0.1, -0.05) is 24.3 Å². The fraction of sp³-hybridized carbons (Fsp3) is 0.333. The zero-order valence-corrected chi connectivity index (χ0v) is 14.4. The molecule has 0 spiro atoms. The van der Waals surface area contributed by atoms with Crippen molar-refractivity contribution in [3.05, 3.63) is 53.6 Å². The molecular weight excluding hydrogens is 308 g/mol. The van der Waals surface area contributed by atoms with Gasteiger partial charge in [0.25, 0.3) is 0 Å². The topological polar surface area (TPSA) is 50.7 Å². The van der Waals surface area contributed by atoms with Crippen LogP contribution in [0.15, 0.2) is 46.8 Å². The molecule has 0 saturated heterocycles. The lowest BCUT2D eigenvalue weighted by molar-refractivity contribution is 0.357. The molecular formula is C18H22N2O2S. The molecule has 0 aliphatic carbocycles. The highest BCUT2D eigenvalue weighted by atomic mass is 32.2. The third-order valence-electron chi connectivity index (χ3n) is 3.71. The first-order valence-corrected chi connectivity index (χ1v) is 10.1. The highest BCUT2D eigenvalue weighted by Crippen LogP contribution is 2.27. The van der Waals surface area contributed by atoms with E-state index in [-0.39, 0.29) is 0 Å². The van der Waals surface area contributed by atoms with E-state index in [0.29, 0.717) is 0 Å². The first kappa shape index (κ1) is 15.9. The molecule has 3 rings (SSSR count). The lowest BCUT2D eigenvalue weighted by Crippen LogP contribution is -2.05. The van der Waals surface area contributed by atoms with E-state index in [1.165, 1.54) is 11.1 Å². The number of anilines is 1. The minimum absolute atomic E-state index is 0.754. The highest BCUT2D eigenvalue weighted by molar-refractivity contribution is 7.92. The molecule has 1 heterocycles. The predicted octanol–water partition coefficient (Wildman–Crippen LogP) is 3.64. The summed E-state index contributed by atoms with van der Waals surface area (Å²) in [5.74, 6) is 1.02. The molecule has 0 radical (unpaired) electrons. The molecule has 1 N–H and O–H groups in total. The van der Waals surface area contributed by atoms with Gasteiger partial charge in [0, 0.05) is 35.2 Å². The SMILES string of the molecule is CS(C)(=O)=Nc1ccccc1NCCc1ccc2c(c1)CCO2. The standard InChI is InChI=1S/C18H22N2O2S/c1-23(2,21)20-17-6-4-3-5-16(17)19-11-9-14-7-8-18-15(13-14)10-12-22-18/h3-8,13,19H,9-12H2,1-2H3. The van der Waals surface area contributed by atoms with E-state index in [0.717, 1.165) is 43.1 Å². The Bertz CT molecular complexity index is 816. The van der Waals surface area contributed by atoms with Crippen molar-refractivity contribution in [3.63, 3.8) is 0 Å². The van der Waals surface area contributed by atoms with Gasteiger partial charge >= 0.3 is 0 Å². The Labute approximate surface area is 138 Å². The van der Waals surface area contributed by atoms with E-state index < -0.39 is 9.73 Å². The zero-order chi connectivity index (χ0) is 16.3.